The minimum Gasteiger partial charge on any atom is -0.339 e. The molecule has 2 aliphatic rings. The highest BCUT2D eigenvalue weighted by Crippen LogP contribution is 2.25. The van der Waals surface area contributed by atoms with Gasteiger partial charge in [-0.05, 0) is 24.3 Å². The second kappa shape index (κ2) is 4.90. The first-order valence-corrected chi connectivity index (χ1v) is 7.41. The fourth-order valence-corrected chi connectivity index (χ4v) is 3.45. The molecule has 6 nitrogen and oxygen atoms in total. The van der Waals surface area contributed by atoms with Gasteiger partial charge in [-0.15, -0.1) is 11.3 Å². The molecule has 0 saturated carbocycles. The normalized spacial score (nSPS) is 25.7. The average molecular weight is 293 g/mol. The van der Waals surface area contributed by atoms with E-state index >= 15 is 0 Å². The molecule has 0 bridgehead atoms. The largest absolute Gasteiger partial charge is 0.339 e. The van der Waals surface area contributed by atoms with Crippen molar-refractivity contribution in [2.75, 3.05) is 13.1 Å². The molecule has 7 heteroatoms. The Morgan fingerprint density at radius 3 is 2.95 bits per heavy atom. The summed E-state index contributed by atoms with van der Waals surface area (Å²) in [5, 5.41) is 6.86. The van der Waals surface area contributed by atoms with Gasteiger partial charge in [0.15, 0.2) is 0 Å². The number of amides is 4. The summed E-state index contributed by atoms with van der Waals surface area (Å²) in [4.78, 5) is 38.2. The van der Waals surface area contributed by atoms with E-state index in [2.05, 4.69) is 10.6 Å². The van der Waals surface area contributed by atoms with Gasteiger partial charge >= 0.3 is 6.03 Å². The van der Waals surface area contributed by atoms with Crippen molar-refractivity contribution in [3.8, 4) is 0 Å². The van der Waals surface area contributed by atoms with Crippen molar-refractivity contribution >= 4 is 29.2 Å². The van der Waals surface area contributed by atoms with Crippen LogP contribution in [0.2, 0.25) is 0 Å². The first-order valence-electron chi connectivity index (χ1n) is 6.53. The molecule has 0 radical (unpaired) electrons. The summed E-state index contributed by atoms with van der Waals surface area (Å²) in [7, 11) is 0. The number of rotatable bonds is 2. The van der Waals surface area contributed by atoms with Gasteiger partial charge in [-0.2, -0.15) is 0 Å². The monoisotopic (exact) mass is 293 g/mol. The number of hydrogen-bond acceptors (Lipinski definition) is 4. The molecular formula is C13H15N3O3S. The standard InChI is InChI=1S/C13H15N3O3S/c17-10(7-9-3-1-6-20-9)16-5-2-4-13(8-16)11(18)14-12(19)15-13/h1,3,6H,2,4-5,7-8H2,(H2,14,15,18,19). The van der Waals surface area contributed by atoms with Gasteiger partial charge in [-0.1, -0.05) is 6.07 Å². The van der Waals surface area contributed by atoms with Crippen molar-refractivity contribution in [1.29, 1.82) is 0 Å². The second-order valence-corrected chi connectivity index (χ2v) is 6.20. The maximum absolute atomic E-state index is 12.3. The van der Waals surface area contributed by atoms with Crippen LogP contribution in [0.15, 0.2) is 17.5 Å². The number of hydrogen-bond donors (Lipinski definition) is 2. The molecule has 0 aliphatic carbocycles. The molecule has 2 aliphatic heterocycles. The molecule has 1 atom stereocenters. The number of nitrogens with zero attached hydrogens (tertiary/aromatic N) is 1. The predicted octanol–water partition coefficient (Wildman–Crippen LogP) is 0.491. The van der Waals surface area contributed by atoms with Crippen LogP contribution >= 0.6 is 11.3 Å². The van der Waals surface area contributed by atoms with Crippen LogP contribution in [-0.2, 0) is 16.0 Å². The number of likely N-dealkylation sites (tertiary alicyclic amines) is 1. The lowest BCUT2D eigenvalue weighted by Crippen LogP contribution is -2.59. The van der Waals surface area contributed by atoms with Crippen molar-refractivity contribution < 1.29 is 14.4 Å². The zero-order valence-corrected chi connectivity index (χ0v) is 11.7. The number of imide groups is 1. The first kappa shape index (κ1) is 13.1. The highest BCUT2D eigenvalue weighted by atomic mass is 32.1. The molecule has 106 valence electrons. The van der Waals surface area contributed by atoms with Crippen LogP contribution in [0.25, 0.3) is 0 Å². The highest BCUT2D eigenvalue weighted by molar-refractivity contribution is 7.10. The Bertz CT molecular complexity index is 557. The Kier molecular flexibility index (Phi) is 3.21. The smallest absolute Gasteiger partial charge is 0.322 e. The Morgan fingerprint density at radius 2 is 2.30 bits per heavy atom. The highest BCUT2D eigenvalue weighted by Gasteiger charge is 2.49. The van der Waals surface area contributed by atoms with Crippen LogP contribution < -0.4 is 10.6 Å². The zero-order valence-electron chi connectivity index (χ0n) is 10.8. The minimum absolute atomic E-state index is 0.000439. The van der Waals surface area contributed by atoms with Crippen LogP contribution in [0.1, 0.15) is 17.7 Å². The Labute approximate surface area is 120 Å². The molecular weight excluding hydrogens is 278 g/mol. The molecule has 2 saturated heterocycles. The summed E-state index contributed by atoms with van der Waals surface area (Å²) in [6.07, 6.45) is 1.64. The Balaban J connectivity index is 1.70. The van der Waals surface area contributed by atoms with Crippen molar-refractivity contribution in [3.05, 3.63) is 22.4 Å². The number of carbonyl (C=O) groups is 3. The summed E-state index contributed by atoms with van der Waals surface area (Å²) in [6.45, 7) is 0.893. The summed E-state index contributed by atoms with van der Waals surface area (Å²) in [5.41, 5.74) is -0.930. The van der Waals surface area contributed by atoms with Crippen molar-refractivity contribution in [1.82, 2.24) is 15.5 Å². The van der Waals surface area contributed by atoms with Gasteiger partial charge in [0.1, 0.15) is 5.54 Å². The van der Waals surface area contributed by atoms with E-state index in [1.54, 1.807) is 16.2 Å². The lowest BCUT2D eigenvalue weighted by Gasteiger charge is -2.38. The van der Waals surface area contributed by atoms with Gasteiger partial charge in [0.2, 0.25) is 5.91 Å². The van der Waals surface area contributed by atoms with Gasteiger partial charge in [-0.3, -0.25) is 14.9 Å². The molecule has 0 aromatic carbocycles. The fourth-order valence-electron chi connectivity index (χ4n) is 2.76. The molecule has 20 heavy (non-hydrogen) atoms. The molecule has 1 aromatic rings. The molecule has 1 unspecified atom stereocenters. The minimum atomic E-state index is -0.930. The fraction of sp³-hybridized carbons (Fsp3) is 0.462. The average Bonchev–Trinajstić information content (AvgIpc) is 2.99. The van der Waals surface area contributed by atoms with Gasteiger partial charge in [-0.25, -0.2) is 4.79 Å². The van der Waals surface area contributed by atoms with E-state index in [0.717, 1.165) is 4.88 Å². The molecule has 2 fully saturated rings. The Morgan fingerprint density at radius 1 is 1.45 bits per heavy atom. The van der Waals surface area contributed by atoms with Gasteiger partial charge in [0.25, 0.3) is 5.91 Å². The van der Waals surface area contributed by atoms with E-state index in [-0.39, 0.29) is 18.4 Å². The third-order valence-corrected chi connectivity index (χ3v) is 4.64. The summed E-state index contributed by atoms with van der Waals surface area (Å²) in [5.74, 6) is -0.323. The third kappa shape index (κ3) is 2.29. The van der Waals surface area contributed by atoms with Gasteiger partial charge < -0.3 is 10.2 Å². The van der Waals surface area contributed by atoms with Crippen LogP contribution in [0.3, 0.4) is 0 Å². The number of nitrogens with one attached hydrogen (secondary N) is 2. The molecule has 3 rings (SSSR count). The molecule has 1 aromatic heterocycles. The van der Waals surface area contributed by atoms with E-state index in [1.165, 1.54) is 0 Å². The molecule has 3 heterocycles. The van der Waals surface area contributed by atoms with E-state index in [4.69, 9.17) is 0 Å². The van der Waals surface area contributed by atoms with Crippen LogP contribution in [0.4, 0.5) is 4.79 Å². The van der Waals surface area contributed by atoms with E-state index in [1.807, 2.05) is 17.5 Å². The summed E-state index contributed by atoms with van der Waals surface area (Å²) in [6, 6.07) is 3.37. The number of thiophene rings is 1. The Hall–Kier alpha value is -1.89. The maximum atomic E-state index is 12.3. The topological polar surface area (TPSA) is 78.5 Å². The molecule has 1 spiro atoms. The third-order valence-electron chi connectivity index (χ3n) is 3.77. The number of piperidine rings is 1. The van der Waals surface area contributed by atoms with Crippen molar-refractivity contribution in [3.63, 3.8) is 0 Å². The number of urea groups is 1. The summed E-state index contributed by atoms with van der Waals surface area (Å²) >= 11 is 1.54. The van der Waals surface area contributed by atoms with E-state index in [9.17, 15) is 14.4 Å². The van der Waals surface area contributed by atoms with Crippen molar-refractivity contribution in [2.45, 2.75) is 24.8 Å². The van der Waals surface area contributed by atoms with E-state index < -0.39 is 11.6 Å². The van der Waals surface area contributed by atoms with Gasteiger partial charge in [0, 0.05) is 11.4 Å². The summed E-state index contributed by atoms with van der Waals surface area (Å²) < 4.78 is 0. The molecule has 4 amide bonds. The van der Waals surface area contributed by atoms with Gasteiger partial charge in [0.05, 0.1) is 13.0 Å². The number of carbonyl (C=O) groups excluding carboxylic acids is 3. The SMILES string of the molecule is O=C1NC(=O)C2(CCCN(C(=O)Cc3cccs3)C2)N1. The van der Waals surface area contributed by atoms with Crippen molar-refractivity contribution in [2.24, 2.45) is 0 Å². The lowest BCUT2D eigenvalue weighted by atomic mass is 9.89. The second-order valence-electron chi connectivity index (χ2n) is 5.17. The lowest BCUT2D eigenvalue weighted by molar-refractivity contribution is -0.135. The molecule has 2 N–H and O–H groups in total. The predicted molar refractivity (Wildman–Crippen MR) is 73.2 cm³/mol. The van der Waals surface area contributed by atoms with Crippen LogP contribution in [-0.4, -0.2) is 41.4 Å². The van der Waals surface area contributed by atoms with E-state index in [0.29, 0.717) is 25.8 Å². The quantitative estimate of drug-likeness (QED) is 0.779. The first-order chi connectivity index (χ1) is 9.59. The van der Waals surface area contributed by atoms with Crippen LogP contribution in [0.5, 0.6) is 0 Å². The zero-order chi connectivity index (χ0) is 14.2. The maximum Gasteiger partial charge on any atom is 0.322 e. The van der Waals surface area contributed by atoms with Crippen LogP contribution in [0, 0.1) is 0 Å².